The first-order chi connectivity index (χ1) is 9.38. The van der Waals surface area contributed by atoms with Crippen LogP contribution in [0.25, 0.3) is 0 Å². The van der Waals surface area contributed by atoms with E-state index in [0.29, 0.717) is 0 Å². The summed E-state index contributed by atoms with van der Waals surface area (Å²) >= 11 is 11.5. The third kappa shape index (κ3) is 3.50. The number of hydrogen-bond acceptors (Lipinski definition) is 3. The number of amides is 1. The highest BCUT2D eigenvalue weighted by molar-refractivity contribution is 7.90. The lowest BCUT2D eigenvalue weighted by atomic mass is 10.2. The lowest BCUT2D eigenvalue weighted by molar-refractivity contribution is 0.0981. The van der Waals surface area contributed by atoms with Gasteiger partial charge in [0.2, 0.25) is 0 Å². The summed E-state index contributed by atoms with van der Waals surface area (Å²) in [7, 11) is -3.92. The van der Waals surface area contributed by atoms with Crippen LogP contribution in [0.3, 0.4) is 0 Å². The standard InChI is InChI=1S/C13H9Cl2NO3S/c14-10-6-9(7-11(15)8-10)13(17)16-20(18,19)12-4-2-1-3-5-12/h1-8H,(H,16,17). The number of halogens is 2. The van der Waals surface area contributed by atoms with Crippen LogP contribution in [0.1, 0.15) is 10.4 Å². The van der Waals surface area contributed by atoms with E-state index in [1.807, 2.05) is 4.72 Å². The zero-order chi connectivity index (χ0) is 14.8. The van der Waals surface area contributed by atoms with Gasteiger partial charge in [-0.25, -0.2) is 13.1 Å². The maximum absolute atomic E-state index is 12.0. The fourth-order valence-electron chi connectivity index (χ4n) is 1.52. The van der Waals surface area contributed by atoms with Crippen LogP contribution in [0, 0.1) is 0 Å². The van der Waals surface area contributed by atoms with E-state index in [-0.39, 0.29) is 20.5 Å². The summed E-state index contributed by atoms with van der Waals surface area (Å²) < 4.78 is 25.9. The topological polar surface area (TPSA) is 63.2 Å². The molecule has 0 unspecified atom stereocenters. The third-order valence-corrected chi connectivity index (χ3v) is 4.19. The summed E-state index contributed by atoms with van der Waals surface area (Å²) in [5.41, 5.74) is 0.0713. The number of sulfonamides is 1. The average Bonchev–Trinajstić information content (AvgIpc) is 2.38. The number of benzene rings is 2. The summed E-state index contributed by atoms with van der Waals surface area (Å²) in [5.74, 6) is -0.793. The second kappa shape index (κ2) is 5.83. The van der Waals surface area contributed by atoms with E-state index in [1.54, 1.807) is 18.2 Å². The highest BCUT2D eigenvalue weighted by Crippen LogP contribution is 2.19. The highest BCUT2D eigenvalue weighted by atomic mass is 35.5. The van der Waals surface area contributed by atoms with E-state index in [9.17, 15) is 13.2 Å². The van der Waals surface area contributed by atoms with Crippen molar-refractivity contribution in [3.63, 3.8) is 0 Å². The molecule has 2 aromatic carbocycles. The quantitative estimate of drug-likeness (QED) is 0.940. The molecule has 1 amide bonds. The van der Waals surface area contributed by atoms with Crippen molar-refractivity contribution in [2.75, 3.05) is 0 Å². The Kier molecular flexibility index (Phi) is 4.32. The van der Waals surface area contributed by atoms with Crippen LogP contribution >= 0.6 is 23.2 Å². The molecule has 0 aliphatic rings. The molecule has 0 fully saturated rings. The van der Waals surface area contributed by atoms with Crippen molar-refractivity contribution in [2.24, 2.45) is 0 Å². The Labute approximate surface area is 126 Å². The van der Waals surface area contributed by atoms with Crippen molar-refractivity contribution >= 4 is 39.1 Å². The van der Waals surface area contributed by atoms with Gasteiger partial charge in [0.05, 0.1) is 4.90 Å². The van der Waals surface area contributed by atoms with Gasteiger partial charge in [-0.1, -0.05) is 41.4 Å². The predicted molar refractivity (Wildman–Crippen MR) is 77.6 cm³/mol. The Morgan fingerprint density at radius 1 is 0.950 bits per heavy atom. The molecule has 0 aromatic heterocycles. The van der Waals surface area contributed by atoms with Gasteiger partial charge >= 0.3 is 0 Å². The molecular weight excluding hydrogens is 321 g/mol. The molecule has 0 aliphatic carbocycles. The molecule has 0 heterocycles. The maximum Gasteiger partial charge on any atom is 0.265 e. The van der Waals surface area contributed by atoms with Gasteiger partial charge in [0.25, 0.3) is 15.9 Å². The Balaban J connectivity index is 2.28. The summed E-state index contributed by atoms with van der Waals surface area (Å²) in [6, 6.07) is 11.7. The second-order valence-corrected chi connectivity index (χ2v) is 6.46. The number of carbonyl (C=O) groups excluding carboxylic acids is 1. The van der Waals surface area contributed by atoms with Crippen molar-refractivity contribution in [3.05, 3.63) is 64.1 Å². The van der Waals surface area contributed by atoms with E-state index in [4.69, 9.17) is 23.2 Å². The van der Waals surface area contributed by atoms with Gasteiger partial charge in [-0.15, -0.1) is 0 Å². The summed E-state index contributed by atoms with van der Waals surface area (Å²) in [4.78, 5) is 11.9. The van der Waals surface area contributed by atoms with E-state index < -0.39 is 15.9 Å². The molecule has 0 saturated carbocycles. The van der Waals surface area contributed by atoms with Gasteiger partial charge in [0.15, 0.2) is 0 Å². The molecule has 0 radical (unpaired) electrons. The molecule has 7 heteroatoms. The maximum atomic E-state index is 12.0. The largest absolute Gasteiger partial charge is 0.268 e. The minimum atomic E-state index is -3.92. The monoisotopic (exact) mass is 329 g/mol. The Hall–Kier alpha value is -1.56. The Morgan fingerprint density at radius 3 is 2.05 bits per heavy atom. The molecule has 0 aliphatic heterocycles. The SMILES string of the molecule is O=C(NS(=O)(=O)c1ccccc1)c1cc(Cl)cc(Cl)c1. The zero-order valence-electron chi connectivity index (χ0n) is 10.0. The Bertz CT molecular complexity index is 725. The molecule has 0 spiro atoms. The lowest BCUT2D eigenvalue weighted by Gasteiger charge is -2.07. The van der Waals surface area contributed by atoms with Gasteiger partial charge in [0, 0.05) is 15.6 Å². The molecular formula is C13H9Cl2NO3S. The molecule has 20 heavy (non-hydrogen) atoms. The molecule has 2 rings (SSSR count). The van der Waals surface area contributed by atoms with Crippen LogP contribution in [-0.4, -0.2) is 14.3 Å². The number of nitrogens with one attached hydrogen (secondary N) is 1. The molecule has 0 saturated heterocycles. The average molecular weight is 330 g/mol. The fraction of sp³-hybridized carbons (Fsp3) is 0. The number of hydrogen-bond donors (Lipinski definition) is 1. The minimum absolute atomic E-state index is 0.00137. The van der Waals surface area contributed by atoms with Crippen molar-refractivity contribution in [1.82, 2.24) is 4.72 Å². The van der Waals surface area contributed by atoms with E-state index >= 15 is 0 Å². The lowest BCUT2D eigenvalue weighted by Crippen LogP contribution is -2.30. The molecule has 0 bridgehead atoms. The van der Waals surface area contributed by atoms with Crippen LogP contribution in [0.2, 0.25) is 10.0 Å². The molecule has 0 atom stereocenters. The van der Waals surface area contributed by atoms with Gasteiger partial charge in [0.1, 0.15) is 0 Å². The van der Waals surface area contributed by atoms with E-state index in [2.05, 4.69) is 0 Å². The first-order valence-corrected chi connectivity index (χ1v) is 7.71. The van der Waals surface area contributed by atoms with Gasteiger partial charge < -0.3 is 0 Å². The minimum Gasteiger partial charge on any atom is -0.268 e. The van der Waals surface area contributed by atoms with E-state index in [1.165, 1.54) is 30.3 Å². The van der Waals surface area contributed by atoms with Gasteiger partial charge in [-0.05, 0) is 30.3 Å². The van der Waals surface area contributed by atoms with E-state index in [0.717, 1.165) is 0 Å². The van der Waals surface area contributed by atoms with Gasteiger partial charge in [-0.2, -0.15) is 0 Å². The van der Waals surface area contributed by atoms with Crippen molar-refractivity contribution in [1.29, 1.82) is 0 Å². The highest BCUT2D eigenvalue weighted by Gasteiger charge is 2.18. The van der Waals surface area contributed by atoms with Crippen LogP contribution in [0.4, 0.5) is 0 Å². The molecule has 2 aromatic rings. The first-order valence-electron chi connectivity index (χ1n) is 5.47. The van der Waals surface area contributed by atoms with Crippen molar-refractivity contribution in [3.8, 4) is 0 Å². The third-order valence-electron chi connectivity index (χ3n) is 2.41. The number of carbonyl (C=O) groups is 1. The second-order valence-electron chi connectivity index (χ2n) is 3.91. The van der Waals surface area contributed by atoms with Crippen LogP contribution in [-0.2, 0) is 10.0 Å². The van der Waals surface area contributed by atoms with Gasteiger partial charge in [-0.3, -0.25) is 4.79 Å². The molecule has 1 N–H and O–H groups in total. The summed E-state index contributed by atoms with van der Waals surface area (Å²) in [6.45, 7) is 0. The predicted octanol–water partition coefficient (Wildman–Crippen LogP) is 3.11. The smallest absolute Gasteiger partial charge is 0.265 e. The van der Waals surface area contributed by atoms with Crippen molar-refractivity contribution in [2.45, 2.75) is 4.90 Å². The zero-order valence-corrected chi connectivity index (χ0v) is 12.3. The summed E-state index contributed by atoms with van der Waals surface area (Å²) in [6.07, 6.45) is 0. The van der Waals surface area contributed by atoms with Crippen LogP contribution in [0.5, 0.6) is 0 Å². The number of rotatable bonds is 3. The normalized spacial score (nSPS) is 11.1. The Morgan fingerprint density at radius 2 is 1.50 bits per heavy atom. The van der Waals surface area contributed by atoms with Crippen LogP contribution < -0.4 is 4.72 Å². The van der Waals surface area contributed by atoms with Crippen LogP contribution in [0.15, 0.2) is 53.4 Å². The molecule has 104 valence electrons. The fourth-order valence-corrected chi connectivity index (χ4v) is 3.05. The summed E-state index contributed by atoms with van der Waals surface area (Å²) in [5, 5.41) is 0.500. The molecule has 4 nitrogen and oxygen atoms in total. The first kappa shape index (κ1) is 14.8. The van der Waals surface area contributed by atoms with Crippen molar-refractivity contribution < 1.29 is 13.2 Å².